The van der Waals surface area contributed by atoms with Gasteiger partial charge in [0, 0.05) is 5.69 Å². The molecule has 1 heterocycles. The molecule has 0 spiro atoms. The van der Waals surface area contributed by atoms with Gasteiger partial charge in [-0.05, 0) is 37.5 Å². The first-order chi connectivity index (χ1) is 11.0. The fourth-order valence-corrected chi connectivity index (χ4v) is 3.09. The normalized spacial score (nSPS) is 23.1. The zero-order valence-electron chi connectivity index (χ0n) is 12.7. The number of fused-ring (bicyclic) bond motifs is 1. The Kier molecular flexibility index (Phi) is 3.98. The van der Waals surface area contributed by atoms with Crippen LogP contribution in [0.25, 0.3) is 0 Å². The molecule has 3 rings (SSSR count). The van der Waals surface area contributed by atoms with Gasteiger partial charge in [0.2, 0.25) is 17.7 Å². The van der Waals surface area contributed by atoms with E-state index in [1.807, 2.05) is 12.2 Å². The molecular weight excluding hydrogens is 299 g/mol. The number of carbonyl (C=O) groups is 3. The minimum absolute atomic E-state index is 0.296. The van der Waals surface area contributed by atoms with E-state index in [4.69, 9.17) is 0 Å². The number of nitrogens with one attached hydrogen (secondary N) is 1. The van der Waals surface area contributed by atoms with Gasteiger partial charge in [-0.1, -0.05) is 18.2 Å². The predicted octanol–water partition coefficient (Wildman–Crippen LogP) is 2.02. The van der Waals surface area contributed by atoms with Crippen molar-refractivity contribution in [3.63, 3.8) is 0 Å². The van der Waals surface area contributed by atoms with E-state index in [0.29, 0.717) is 24.1 Å². The van der Waals surface area contributed by atoms with Crippen molar-refractivity contribution in [2.24, 2.45) is 11.8 Å². The van der Waals surface area contributed by atoms with Crippen molar-refractivity contribution in [1.29, 1.82) is 0 Å². The Morgan fingerprint density at radius 3 is 2.43 bits per heavy atom. The topological polar surface area (TPSA) is 66.5 Å². The second kappa shape index (κ2) is 5.95. The van der Waals surface area contributed by atoms with Crippen LogP contribution in [-0.2, 0) is 14.4 Å². The Bertz CT molecular complexity index is 688. The van der Waals surface area contributed by atoms with Crippen molar-refractivity contribution in [2.45, 2.75) is 19.8 Å². The Hall–Kier alpha value is -2.50. The molecule has 3 amide bonds. The Morgan fingerprint density at radius 1 is 1.22 bits per heavy atom. The smallest absolute Gasteiger partial charge is 0.244 e. The van der Waals surface area contributed by atoms with E-state index in [9.17, 15) is 18.8 Å². The second-order valence-electron chi connectivity index (χ2n) is 5.93. The summed E-state index contributed by atoms with van der Waals surface area (Å²) < 4.78 is 13.3. The lowest BCUT2D eigenvalue weighted by atomic mass is 9.85. The minimum Gasteiger partial charge on any atom is -0.324 e. The van der Waals surface area contributed by atoms with Crippen LogP contribution >= 0.6 is 0 Å². The summed E-state index contributed by atoms with van der Waals surface area (Å²) in [6.45, 7) is 1.40. The molecule has 1 aliphatic carbocycles. The summed E-state index contributed by atoms with van der Waals surface area (Å²) >= 11 is 0. The van der Waals surface area contributed by atoms with Crippen LogP contribution in [0, 0.1) is 24.6 Å². The molecule has 0 saturated carbocycles. The summed E-state index contributed by atoms with van der Waals surface area (Å²) in [7, 11) is 0. The monoisotopic (exact) mass is 316 g/mol. The molecule has 1 fully saturated rings. The van der Waals surface area contributed by atoms with Gasteiger partial charge in [-0.25, -0.2) is 4.39 Å². The predicted molar refractivity (Wildman–Crippen MR) is 81.8 cm³/mol. The van der Waals surface area contributed by atoms with Gasteiger partial charge >= 0.3 is 0 Å². The maximum absolute atomic E-state index is 13.3. The largest absolute Gasteiger partial charge is 0.324 e. The minimum atomic E-state index is -0.507. The highest BCUT2D eigenvalue weighted by molar-refractivity contribution is 6.08. The molecule has 1 aromatic carbocycles. The number of aryl methyl sites for hydroxylation is 1. The lowest BCUT2D eigenvalue weighted by Crippen LogP contribution is -2.38. The number of benzene rings is 1. The van der Waals surface area contributed by atoms with Gasteiger partial charge in [0.1, 0.15) is 12.4 Å². The van der Waals surface area contributed by atoms with Crippen LogP contribution in [0.4, 0.5) is 10.1 Å². The van der Waals surface area contributed by atoms with Crippen molar-refractivity contribution in [1.82, 2.24) is 4.90 Å². The third-order valence-corrected chi connectivity index (χ3v) is 4.37. The van der Waals surface area contributed by atoms with Gasteiger partial charge in [0.05, 0.1) is 11.8 Å². The highest BCUT2D eigenvalue weighted by Crippen LogP contribution is 2.34. The maximum atomic E-state index is 13.3. The fraction of sp³-hybridized carbons (Fsp3) is 0.353. The quantitative estimate of drug-likeness (QED) is 0.685. The van der Waals surface area contributed by atoms with Crippen LogP contribution in [0.3, 0.4) is 0 Å². The SMILES string of the molecule is Cc1ccc(F)cc1NC(=O)CN1C(=O)[C@H]2CC=CC[C@@H]2C1=O. The zero-order valence-corrected chi connectivity index (χ0v) is 12.7. The molecule has 0 bridgehead atoms. The molecule has 1 N–H and O–H groups in total. The molecule has 5 nitrogen and oxygen atoms in total. The third-order valence-electron chi connectivity index (χ3n) is 4.37. The van der Waals surface area contributed by atoms with Gasteiger partial charge in [0.15, 0.2) is 0 Å². The third kappa shape index (κ3) is 2.88. The first-order valence-corrected chi connectivity index (χ1v) is 7.53. The van der Waals surface area contributed by atoms with E-state index >= 15 is 0 Å². The number of nitrogens with zero attached hydrogens (tertiary/aromatic N) is 1. The number of rotatable bonds is 3. The van der Waals surface area contributed by atoms with Crippen molar-refractivity contribution >= 4 is 23.4 Å². The number of anilines is 1. The molecule has 6 heteroatoms. The number of allylic oxidation sites excluding steroid dienone is 2. The summed E-state index contributed by atoms with van der Waals surface area (Å²) in [4.78, 5) is 37.7. The van der Waals surface area contributed by atoms with Gasteiger partial charge in [0.25, 0.3) is 0 Å². The molecule has 0 aromatic heterocycles. The molecule has 23 heavy (non-hydrogen) atoms. The molecule has 120 valence electrons. The summed E-state index contributed by atoms with van der Waals surface area (Å²) in [6, 6.07) is 4.07. The van der Waals surface area contributed by atoms with E-state index in [0.717, 1.165) is 4.90 Å². The second-order valence-corrected chi connectivity index (χ2v) is 5.93. The van der Waals surface area contributed by atoms with Gasteiger partial charge in [-0.15, -0.1) is 0 Å². The Balaban J connectivity index is 1.70. The fourth-order valence-electron chi connectivity index (χ4n) is 3.09. The van der Waals surface area contributed by atoms with E-state index in [1.165, 1.54) is 12.1 Å². The Labute approximate surface area is 133 Å². The number of hydrogen-bond acceptors (Lipinski definition) is 3. The summed E-state index contributed by atoms with van der Waals surface area (Å²) in [5.41, 5.74) is 1.05. The number of hydrogen-bond donors (Lipinski definition) is 1. The summed E-state index contributed by atoms with van der Waals surface area (Å²) in [6.07, 6.45) is 4.87. The molecule has 1 saturated heterocycles. The van der Waals surface area contributed by atoms with E-state index in [1.54, 1.807) is 13.0 Å². The average molecular weight is 316 g/mol. The molecule has 0 unspecified atom stereocenters. The first-order valence-electron chi connectivity index (χ1n) is 7.53. The number of amides is 3. The van der Waals surface area contributed by atoms with Gasteiger partial charge in [-0.2, -0.15) is 0 Å². The van der Waals surface area contributed by atoms with Crippen LogP contribution in [0.2, 0.25) is 0 Å². The average Bonchev–Trinajstić information content (AvgIpc) is 2.76. The van der Waals surface area contributed by atoms with Gasteiger partial charge < -0.3 is 5.32 Å². The van der Waals surface area contributed by atoms with Crippen molar-refractivity contribution in [2.75, 3.05) is 11.9 Å². The van der Waals surface area contributed by atoms with E-state index in [-0.39, 0.29) is 30.2 Å². The van der Waals surface area contributed by atoms with Crippen LogP contribution in [-0.4, -0.2) is 29.2 Å². The van der Waals surface area contributed by atoms with Gasteiger partial charge in [-0.3, -0.25) is 19.3 Å². The van der Waals surface area contributed by atoms with Crippen molar-refractivity contribution in [3.8, 4) is 0 Å². The molecular formula is C17H17FN2O3. The van der Waals surface area contributed by atoms with Crippen molar-refractivity contribution in [3.05, 3.63) is 41.7 Å². The van der Waals surface area contributed by atoms with Crippen LogP contribution in [0.1, 0.15) is 18.4 Å². The standard InChI is InChI=1S/C17H17FN2O3/c1-10-6-7-11(18)8-14(10)19-15(21)9-20-16(22)12-4-2-3-5-13(12)17(20)23/h2-3,6-8,12-13H,4-5,9H2,1H3,(H,19,21)/t12-,13-/m0/s1. The molecule has 2 aliphatic rings. The number of halogens is 1. The Morgan fingerprint density at radius 2 is 1.83 bits per heavy atom. The van der Waals surface area contributed by atoms with E-state index in [2.05, 4.69) is 5.32 Å². The number of carbonyl (C=O) groups excluding carboxylic acids is 3. The highest BCUT2D eigenvalue weighted by atomic mass is 19.1. The molecule has 1 aliphatic heterocycles. The molecule has 2 atom stereocenters. The maximum Gasteiger partial charge on any atom is 0.244 e. The summed E-state index contributed by atoms with van der Waals surface area (Å²) in [5.74, 6) is -2.26. The number of imide groups is 1. The first kappa shape index (κ1) is 15.4. The number of likely N-dealkylation sites (tertiary alicyclic amines) is 1. The molecule has 0 radical (unpaired) electrons. The van der Waals surface area contributed by atoms with Crippen LogP contribution in [0.5, 0.6) is 0 Å². The lowest BCUT2D eigenvalue weighted by Gasteiger charge is -2.15. The summed E-state index contributed by atoms with van der Waals surface area (Å²) in [5, 5.41) is 2.56. The van der Waals surface area contributed by atoms with Crippen LogP contribution < -0.4 is 5.32 Å². The molecule has 1 aromatic rings. The van der Waals surface area contributed by atoms with Crippen LogP contribution in [0.15, 0.2) is 30.4 Å². The zero-order chi connectivity index (χ0) is 16.6. The lowest BCUT2D eigenvalue weighted by molar-refractivity contribution is -0.142. The van der Waals surface area contributed by atoms with Crippen molar-refractivity contribution < 1.29 is 18.8 Å². The highest BCUT2D eigenvalue weighted by Gasteiger charge is 2.47. The van der Waals surface area contributed by atoms with E-state index < -0.39 is 11.7 Å².